The molecule has 2 fully saturated rings. The molecular formula is C18H26ClN3O3. The van der Waals surface area contributed by atoms with Crippen LogP contribution in [0, 0.1) is 5.92 Å². The number of hydrogen-bond acceptors (Lipinski definition) is 4. The SMILES string of the molecule is Cl.O=C(COc1ccccc1)N1CCC(C(=O)N2CCNCC2)CC1. The van der Waals surface area contributed by atoms with Gasteiger partial charge in [-0.1, -0.05) is 18.2 Å². The fourth-order valence-electron chi connectivity index (χ4n) is 3.27. The maximum absolute atomic E-state index is 12.5. The van der Waals surface area contributed by atoms with Gasteiger partial charge in [-0.25, -0.2) is 0 Å². The Morgan fingerprint density at radius 1 is 1.00 bits per heavy atom. The van der Waals surface area contributed by atoms with Crippen LogP contribution in [0.2, 0.25) is 0 Å². The molecule has 0 saturated carbocycles. The minimum atomic E-state index is -0.00748. The number of carbonyl (C=O) groups excluding carboxylic acids is 2. The van der Waals surface area contributed by atoms with E-state index in [0.717, 1.165) is 39.0 Å². The number of piperidine rings is 1. The maximum Gasteiger partial charge on any atom is 0.260 e. The van der Waals surface area contributed by atoms with Crippen LogP contribution in [0.3, 0.4) is 0 Å². The van der Waals surface area contributed by atoms with Crippen molar-refractivity contribution < 1.29 is 14.3 Å². The van der Waals surface area contributed by atoms with Gasteiger partial charge in [-0.2, -0.15) is 0 Å². The smallest absolute Gasteiger partial charge is 0.260 e. The first-order chi connectivity index (χ1) is 11.7. The number of hydrogen-bond donors (Lipinski definition) is 1. The molecule has 138 valence electrons. The summed E-state index contributed by atoms with van der Waals surface area (Å²) in [6.45, 7) is 4.67. The highest BCUT2D eigenvalue weighted by Crippen LogP contribution is 2.20. The van der Waals surface area contributed by atoms with Crippen LogP contribution in [-0.4, -0.2) is 67.5 Å². The molecule has 2 heterocycles. The molecule has 0 atom stereocenters. The van der Waals surface area contributed by atoms with Gasteiger partial charge in [-0.05, 0) is 25.0 Å². The molecule has 1 aromatic carbocycles. The standard InChI is InChI=1S/C18H25N3O3.ClH/c22-17(14-24-16-4-2-1-3-5-16)20-10-6-15(7-11-20)18(23)21-12-8-19-9-13-21;/h1-5,15,19H,6-14H2;1H. The summed E-state index contributed by atoms with van der Waals surface area (Å²) in [6, 6.07) is 9.35. The normalized spacial score (nSPS) is 18.4. The van der Waals surface area contributed by atoms with Crippen molar-refractivity contribution in [3.63, 3.8) is 0 Å². The van der Waals surface area contributed by atoms with Gasteiger partial charge in [0.2, 0.25) is 5.91 Å². The molecule has 7 heteroatoms. The van der Waals surface area contributed by atoms with Crippen molar-refractivity contribution in [1.29, 1.82) is 0 Å². The Morgan fingerprint density at radius 3 is 2.28 bits per heavy atom. The highest BCUT2D eigenvalue weighted by atomic mass is 35.5. The van der Waals surface area contributed by atoms with Crippen LogP contribution in [0.5, 0.6) is 5.75 Å². The second-order valence-corrected chi connectivity index (χ2v) is 6.33. The fraction of sp³-hybridized carbons (Fsp3) is 0.556. The maximum atomic E-state index is 12.5. The van der Waals surface area contributed by atoms with Crippen LogP contribution in [0.15, 0.2) is 30.3 Å². The van der Waals surface area contributed by atoms with Crippen molar-refractivity contribution in [3.05, 3.63) is 30.3 Å². The van der Waals surface area contributed by atoms with Gasteiger partial charge in [0, 0.05) is 45.2 Å². The summed E-state index contributed by atoms with van der Waals surface area (Å²) in [7, 11) is 0. The van der Waals surface area contributed by atoms with E-state index >= 15 is 0 Å². The van der Waals surface area contributed by atoms with E-state index in [2.05, 4.69) is 5.32 Å². The summed E-state index contributed by atoms with van der Waals surface area (Å²) >= 11 is 0. The van der Waals surface area contributed by atoms with Crippen LogP contribution in [0.4, 0.5) is 0 Å². The van der Waals surface area contributed by atoms with Gasteiger partial charge >= 0.3 is 0 Å². The summed E-state index contributed by atoms with van der Waals surface area (Å²) in [6.07, 6.45) is 1.50. The number of nitrogens with one attached hydrogen (secondary N) is 1. The summed E-state index contributed by atoms with van der Waals surface area (Å²) in [5.74, 6) is 1.01. The lowest BCUT2D eigenvalue weighted by molar-refractivity contribution is -0.141. The second kappa shape index (κ2) is 9.63. The Kier molecular flexibility index (Phi) is 7.52. The van der Waals surface area contributed by atoms with Crippen molar-refractivity contribution in [2.45, 2.75) is 12.8 Å². The van der Waals surface area contributed by atoms with Crippen LogP contribution in [0.1, 0.15) is 12.8 Å². The zero-order chi connectivity index (χ0) is 16.8. The predicted molar refractivity (Wildman–Crippen MR) is 97.9 cm³/mol. The van der Waals surface area contributed by atoms with Gasteiger partial charge in [-0.3, -0.25) is 9.59 Å². The molecule has 3 rings (SSSR count). The molecule has 1 aromatic rings. The van der Waals surface area contributed by atoms with Gasteiger partial charge in [0.15, 0.2) is 6.61 Å². The molecule has 0 radical (unpaired) electrons. The van der Waals surface area contributed by atoms with Gasteiger partial charge in [-0.15, -0.1) is 12.4 Å². The lowest BCUT2D eigenvalue weighted by Crippen LogP contribution is -2.50. The number of piperazine rings is 1. The number of benzene rings is 1. The Labute approximate surface area is 154 Å². The van der Waals surface area contributed by atoms with Gasteiger partial charge in [0.05, 0.1) is 0 Å². The topological polar surface area (TPSA) is 61.9 Å². The Hall–Kier alpha value is -1.79. The Balaban J connectivity index is 0.00000225. The average Bonchev–Trinajstić information content (AvgIpc) is 2.67. The number of carbonyl (C=O) groups is 2. The van der Waals surface area contributed by atoms with Gasteiger partial charge in [0.1, 0.15) is 5.75 Å². The molecule has 1 N–H and O–H groups in total. The van der Waals surface area contributed by atoms with E-state index < -0.39 is 0 Å². The number of likely N-dealkylation sites (tertiary alicyclic amines) is 1. The van der Waals surface area contributed by atoms with Crippen LogP contribution < -0.4 is 10.1 Å². The highest BCUT2D eigenvalue weighted by molar-refractivity contribution is 5.85. The minimum absolute atomic E-state index is 0. The number of ether oxygens (including phenoxy) is 1. The quantitative estimate of drug-likeness (QED) is 0.867. The van der Waals surface area contributed by atoms with Crippen molar-refractivity contribution in [2.24, 2.45) is 5.92 Å². The van der Waals surface area contributed by atoms with Crippen molar-refractivity contribution >= 4 is 24.2 Å². The van der Waals surface area contributed by atoms with E-state index in [1.807, 2.05) is 40.1 Å². The van der Waals surface area contributed by atoms with E-state index in [1.165, 1.54) is 0 Å². The first kappa shape index (κ1) is 19.5. The average molecular weight is 368 g/mol. The van der Waals surface area contributed by atoms with E-state index in [-0.39, 0.29) is 36.7 Å². The molecule has 0 aromatic heterocycles. The summed E-state index contributed by atoms with van der Waals surface area (Å²) in [5.41, 5.74) is 0. The van der Waals surface area contributed by atoms with Crippen LogP contribution in [0.25, 0.3) is 0 Å². The second-order valence-electron chi connectivity index (χ2n) is 6.33. The molecular weight excluding hydrogens is 342 g/mol. The van der Waals surface area contributed by atoms with Crippen molar-refractivity contribution in [1.82, 2.24) is 15.1 Å². The minimum Gasteiger partial charge on any atom is -0.484 e. The number of halogens is 1. The van der Waals surface area contributed by atoms with E-state index in [1.54, 1.807) is 0 Å². The molecule has 0 bridgehead atoms. The molecule has 6 nitrogen and oxygen atoms in total. The lowest BCUT2D eigenvalue weighted by Gasteiger charge is -2.35. The van der Waals surface area contributed by atoms with Gasteiger partial charge in [0.25, 0.3) is 5.91 Å². The lowest BCUT2D eigenvalue weighted by atomic mass is 9.95. The van der Waals surface area contributed by atoms with Crippen LogP contribution >= 0.6 is 12.4 Å². The molecule has 0 spiro atoms. The molecule has 2 amide bonds. The summed E-state index contributed by atoms with van der Waals surface area (Å²) in [5, 5.41) is 3.26. The molecule has 2 aliphatic heterocycles. The first-order valence-electron chi connectivity index (χ1n) is 8.69. The number of rotatable bonds is 4. The monoisotopic (exact) mass is 367 g/mol. The molecule has 0 unspecified atom stereocenters. The highest BCUT2D eigenvalue weighted by Gasteiger charge is 2.30. The third kappa shape index (κ3) is 5.34. The summed E-state index contributed by atoms with van der Waals surface area (Å²) in [4.78, 5) is 28.5. The zero-order valence-electron chi connectivity index (χ0n) is 14.4. The first-order valence-corrected chi connectivity index (χ1v) is 8.69. The van der Waals surface area contributed by atoms with Crippen molar-refractivity contribution in [3.8, 4) is 5.75 Å². The van der Waals surface area contributed by atoms with Crippen LogP contribution in [-0.2, 0) is 9.59 Å². The number of nitrogens with zero attached hydrogens (tertiary/aromatic N) is 2. The van der Waals surface area contributed by atoms with Crippen molar-refractivity contribution in [2.75, 3.05) is 45.9 Å². The zero-order valence-corrected chi connectivity index (χ0v) is 15.2. The Bertz CT molecular complexity index is 556. The largest absolute Gasteiger partial charge is 0.484 e. The molecule has 2 aliphatic rings. The molecule has 25 heavy (non-hydrogen) atoms. The fourth-order valence-corrected chi connectivity index (χ4v) is 3.27. The number of para-hydroxylation sites is 1. The molecule has 2 saturated heterocycles. The third-order valence-corrected chi connectivity index (χ3v) is 4.73. The Morgan fingerprint density at radius 2 is 1.64 bits per heavy atom. The number of amides is 2. The third-order valence-electron chi connectivity index (χ3n) is 4.73. The molecule has 0 aliphatic carbocycles. The predicted octanol–water partition coefficient (Wildman–Crippen LogP) is 1.16. The summed E-state index contributed by atoms with van der Waals surface area (Å²) < 4.78 is 5.52. The van der Waals surface area contributed by atoms with E-state index in [4.69, 9.17) is 4.74 Å². The van der Waals surface area contributed by atoms with Gasteiger partial charge < -0.3 is 19.9 Å². The van der Waals surface area contributed by atoms with E-state index in [0.29, 0.717) is 18.8 Å². The van der Waals surface area contributed by atoms with E-state index in [9.17, 15) is 9.59 Å².